The molecule has 25 heavy (non-hydrogen) atoms. The fourth-order valence-electron chi connectivity index (χ4n) is 2.01. The number of phosphoric acid groups is 3. The van der Waals surface area contributed by atoms with E-state index >= 15 is 0 Å². The molecule has 9 N–H and O–H groups in total. The maximum Gasteiger partial charge on any atom is 0.470 e. The Kier molecular flexibility index (Phi) is 10.3. The van der Waals surface area contributed by atoms with E-state index in [1.54, 1.807) is 0 Å². The summed E-state index contributed by atoms with van der Waals surface area (Å²) < 4.78 is 44.7. The van der Waals surface area contributed by atoms with E-state index in [0.29, 0.717) is 0 Å². The van der Waals surface area contributed by atoms with Crippen LogP contribution in [0, 0.1) is 0 Å². The minimum absolute atomic E-state index is 0. The molecule has 145 valence electrons. The van der Waals surface area contributed by atoms with Crippen LogP contribution in [0.3, 0.4) is 0 Å². The Labute approximate surface area is 182 Å². The first-order valence-corrected chi connectivity index (χ1v) is 10.4. The van der Waals surface area contributed by atoms with Crippen LogP contribution in [-0.4, -0.2) is 133 Å². The zero-order chi connectivity index (χ0) is 19.1. The van der Waals surface area contributed by atoms with Gasteiger partial charge in [-0.1, -0.05) is 0 Å². The van der Waals surface area contributed by atoms with Crippen molar-refractivity contribution in [2.75, 3.05) is 0 Å². The van der Waals surface area contributed by atoms with Gasteiger partial charge in [-0.25, -0.2) is 13.7 Å². The molecule has 0 unspecified atom stereocenters. The molecule has 0 spiro atoms. The zero-order valence-corrected chi connectivity index (χ0v) is 18.1. The zero-order valence-electron chi connectivity index (χ0n) is 12.3. The first kappa shape index (κ1) is 26.8. The summed E-state index contributed by atoms with van der Waals surface area (Å²) in [6, 6.07) is 0. The molecule has 19 heteroatoms. The van der Waals surface area contributed by atoms with E-state index in [2.05, 4.69) is 13.6 Å². The smallest absolute Gasteiger partial charge is 0.387 e. The topological polar surface area (TPSA) is 261 Å². The van der Waals surface area contributed by atoms with Gasteiger partial charge in [0.2, 0.25) is 0 Å². The molecular weight excluding hydrogens is 444 g/mol. The van der Waals surface area contributed by atoms with Crippen molar-refractivity contribution in [1.82, 2.24) is 0 Å². The Bertz CT molecular complexity index is 580. The molecule has 0 bridgehead atoms. The second-order valence-corrected chi connectivity index (χ2v) is 8.23. The summed E-state index contributed by atoms with van der Waals surface area (Å²) in [4.78, 5) is 52.4. The van der Waals surface area contributed by atoms with E-state index in [-0.39, 0.29) is 51.4 Å². The van der Waals surface area contributed by atoms with Crippen LogP contribution in [0.2, 0.25) is 0 Å². The Morgan fingerprint density at radius 3 is 1.08 bits per heavy atom. The summed E-state index contributed by atoms with van der Waals surface area (Å²) in [6.07, 6.45) is -14.3. The van der Waals surface area contributed by atoms with Crippen LogP contribution in [0.4, 0.5) is 0 Å². The second kappa shape index (κ2) is 9.56. The fourth-order valence-corrected chi connectivity index (χ4v) is 3.70. The van der Waals surface area contributed by atoms with Gasteiger partial charge >= 0.3 is 23.5 Å². The molecule has 1 rings (SSSR count). The van der Waals surface area contributed by atoms with Gasteiger partial charge in [0.05, 0.1) is 0 Å². The Morgan fingerprint density at radius 1 is 0.520 bits per heavy atom. The van der Waals surface area contributed by atoms with Crippen LogP contribution < -0.4 is 0 Å². The molecule has 15 nitrogen and oxygen atoms in total. The third kappa shape index (κ3) is 8.81. The molecule has 6 atom stereocenters. The van der Waals surface area contributed by atoms with E-state index < -0.39 is 60.1 Å². The van der Waals surface area contributed by atoms with E-state index in [1.165, 1.54) is 0 Å². The summed E-state index contributed by atoms with van der Waals surface area (Å²) in [5, 5.41) is 29.3. The van der Waals surface area contributed by atoms with Crippen molar-refractivity contribution >= 4 is 74.9 Å². The molecule has 0 aromatic heterocycles. The number of hydrogen-bond donors (Lipinski definition) is 9. The van der Waals surface area contributed by atoms with Crippen molar-refractivity contribution in [2.24, 2.45) is 0 Å². The molecule has 0 aliphatic heterocycles. The molecule has 1 fully saturated rings. The predicted molar refractivity (Wildman–Crippen MR) is 74.5 cm³/mol. The maximum absolute atomic E-state index is 10.9. The van der Waals surface area contributed by atoms with Crippen LogP contribution in [0.1, 0.15) is 0 Å². The molecule has 0 aromatic carbocycles. The van der Waals surface area contributed by atoms with Gasteiger partial charge in [0.15, 0.2) is 0 Å². The number of hydrogen-bond acceptors (Lipinski definition) is 9. The summed E-state index contributed by atoms with van der Waals surface area (Å²) in [5.41, 5.74) is 0. The van der Waals surface area contributed by atoms with Gasteiger partial charge in [-0.15, -0.1) is 0 Å². The van der Waals surface area contributed by atoms with Gasteiger partial charge in [-0.05, 0) is 0 Å². The SMILES string of the molecule is O=P(O)(O)O[C@@H]1[C@H](O)[C@H](O)[C@@H](OP(=O)(O)O)[C@H](OP(=O)(O)O)[C@H]1O.[K]. The van der Waals surface area contributed by atoms with Crippen molar-refractivity contribution in [3.8, 4) is 0 Å². The van der Waals surface area contributed by atoms with Crippen LogP contribution in [0.25, 0.3) is 0 Å². The van der Waals surface area contributed by atoms with Crippen molar-refractivity contribution in [3.63, 3.8) is 0 Å². The van der Waals surface area contributed by atoms with E-state index in [4.69, 9.17) is 29.4 Å². The summed E-state index contributed by atoms with van der Waals surface area (Å²) in [6.45, 7) is 0. The van der Waals surface area contributed by atoms with E-state index in [9.17, 15) is 29.0 Å². The number of aliphatic hydroxyl groups excluding tert-OH is 3. The molecule has 0 saturated heterocycles. The average Bonchev–Trinajstić information content (AvgIpc) is 2.32. The monoisotopic (exact) mass is 459 g/mol. The van der Waals surface area contributed by atoms with Gasteiger partial charge in [-0.3, -0.25) is 13.6 Å². The Balaban J connectivity index is 0.00000576. The molecule has 1 radical (unpaired) electrons. The fraction of sp³-hybridized carbons (Fsp3) is 1.00. The molecule has 1 aliphatic rings. The first-order chi connectivity index (χ1) is 10.5. The average molecular weight is 459 g/mol. The predicted octanol–water partition coefficient (Wildman–Crippen LogP) is -3.86. The number of phosphoric ester groups is 3. The molecular formula is C6H15KO15P3. The van der Waals surface area contributed by atoms with Gasteiger partial charge in [0.25, 0.3) is 0 Å². The minimum atomic E-state index is -5.43. The van der Waals surface area contributed by atoms with Gasteiger partial charge in [0.1, 0.15) is 36.6 Å². The third-order valence-corrected chi connectivity index (χ3v) is 4.35. The summed E-state index contributed by atoms with van der Waals surface area (Å²) >= 11 is 0. The van der Waals surface area contributed by atoms with Crippen molar-refractivity contribution in [1.29, 1.82) is 0 Å². The van der Waals surface area contributed by atoms with E-state index in [0.717, 1.165) is 0 Å². The van der Waals surface area contributed by atoms with Crippen molar-refractivity contribution in [3.05, 3.63) is 0 Å². The molecule has 1 saturated carbocycles. The summed E-state index contributed by atoms with van der Waals surface area (Å²) in [5.74, 6) is 0. The van der Waals surface area contributed by atoms with Gasteiger partial charge in [-0.2, -0.15) is 0 Å². The van der Waals surface area contributed by atoms with Crippen LogP contribution in [0.5, 0.6) is 0 Å². The van der Waals surface area contributed by atoms with E-state index in [1.807, 2.05) is 0 Å². The van der Waals surface area contributed by atoms with Crippen LogP contribution >= 0.6 is 23.5 Å². The quantitative estimate of drug-likeness (QED) is 0.136. The molecule has 0 aromatic rings. The Morgan fingerprint density at radius 2 is 0.760 bits per heavy atom. The van der Waals surface area contributed by atoms with Gasteiger partial charge in [0, 0.05) is 51.4 Å². The maximum atomic E-state index is 10.9. The second-order valence-electron chi connectivity index (χ2n) is 4.65. The molecule has 0 heterocycles. The first-order valence-electron chi connectivity index (χ1n) is 5.78. The minimum Gasteiger partial charge on any atom is -0.387 e. The normalized spacial score (nSPS) is 34.4. The molecule has 1 aliphatic carbocycles. The Hall–Kier alpha value is 1.85. The number of aliphatic hydroxyl groups is 3. The standard InChI is InChI=1S/C6H15O15P3.K/c7-1-2(8)5(20-23(13,14)15)6(21-24(16,17)18)3(9)4(1)19-22(10,11)12;/h1-9H,(H2,10,11,12)(H2,13,14,15)(H2,16,17,18);/t1-,2+,3+,4-,5-,6-;/m1./s1. The largest absolute Gasteiger partial charge is 0.470 e. The van der Waals surface area contributed by atoms with Gasteiger partial charge < -0.3 is 44.7 Å². The number of rotatable bonds is 6. The van der Waals surface area contributed by atoms with Crippen LogP contribution in [-0.2, 0) is 27.3 Å². The summed E-state index contributed by atoms with van der Waals surface area (Å²) in [7, 11) is -16.2. The van der Waals surface area contributed by atoms with Crippen LogP contribution in [0.15, 0.2) is 0 Å². The van der Waals surface area contributed by atoms with Crippen molar-refractivity contribution < 1.29 is 71.9 Å². The van der Waals surface area contributed by atoms with Crippen molar-refractivity contribution in [2.45, 2.75) is 36.6 Å². The molecule has 0 amide bonds. The third-order valence-electron chi connectivity index (χ3n) is 2.80.